The van der Waals surface area contributed by atoms with Crippen molar-refractivity contribution in [3.8, 4) is 0 Å². The van der Waals surface area contributed by atoms with Crippen molar-refractivity contribution in [1.82, 2.24) is 0 Å². The van der Waals surface area contributed by atoms with Gasteiger partial charge in [0.1, 0.15) is 5.82 Å². The van der Waals surface area contributed by atoms with Crippen LogP contribution in [0.4, 0.5) is 13.2 Å². The van der Waals surface area contributed by atoms with Gasteiger partial charge in [-0.2, -0.15) is 0 Å². The third-order valence-electron chi connectivity index (χ3n) is 3.71. The summed E-state index contributed by atoms with van der Waals surface area (Å²) in [5.41, 5.74) is 6.92. The molecule has 1 nitrogen and oxygen atoms in total. The summed E-state index contributed by atoms with van der Waals surface area (Å²) in [7, 11) is 0. The molecule has 18 heavy (non-hydrogen) atoms. The van der Waals surface area contributed by atoms with Crippen LogP contribution in [0.3, 0.4) is 0 Å². The van der Waals surface area contributed by atoms with Crippen molar-refractivity contribution in [2.75, 3.05) is 0 Å². The van der Waals surface area contributed by atoms with Crippen LogP contribution in [0.5, 0.6) is 0 Å². The molecule has 1 aromatic rings. The first-order chi connectivity index (χ1) is 8.39. The molecule has 1 aliphatic carbocycles. The minimum absolute atomic E-state index is 0.0688. The number of hydrogen-bond donors (Lipinski definition) is 1. The molecular formula is C14H18F3N. The van der Waals surface area contributed by atoms with Crippen molar-refractivity contribution >= 4 is 0 Å². The van der Waals surface area contributed by atoms with E-state index in [1.54, 1.807) is 25.1 Å². The van der Waals surface area contributed by atoms with Crippen molar-refractivity contribution < 1.29 is 13.2 Å². The SMILES string of the molecule is Cc1cccc(C(N)CC2CCC(F)(F)C2)c1F. The summed E-state index contributed by atoms with van der Waals surface area (Å²) in [6.45, 7) is 1.68. The van der Waals surface area contributed by atoms with E-state index in [0.717, 1.165) is 0 Å². The first-order valence-corrected chi connectivity index (χ1v) is 6.27. The Balaban J connectivity index is 2.04. The lowest BCUT2D eigenvalue weighted by atomic mass is 9.93. The zero-order valence-corrected chi connectivity index (χ0v) is 10.4. The Hall–Kier alpha value is -1.03. The molecule has 0 heterocycles. The molecule has 0 radical (unpaired) electrons. The van der Waals surface area contributed by atoms with Gasteiger partial charge in [0, 0.05) is 24.4 Å². The van der Waals surface area contributed by atoms with Crippen molar-refractivity contribution in [1.29, 1.82) is 0 Å². The largest absolute Gasteiger partial charge is 0.324 e. The molecule has 0 saturated heterocycles. The number of aryl methyl sites for hydroxylation is 1. The Labute approximate surface area is 105 Å². The van der Waals surface area contributed by atoms with Crippen molar-refractivity contribution in [2.24, 2.45) is 11.7 Å². The fourth-order valence-corrected chi connectivity index (χ4v) is 2.69. The van der Waals surface area contributed by atoms with Gasteiger partial charge in [0.25, 0.3) is 0 Å². The number of rotatable bonds is 3. The Morgan fingerprint density at radius 2 is 2.17 bits per heavy atom. The summed E-state index contributed by atoms with van der Waals surface area (Å²) in [5, 5.41) is 0. The minimum Gasteiger partial charge on any atom is -0.324 e. The highest BCUT2D eigenvalue weighted by molar-refractivity contribution is 5.27. The monoisotopic (exact) mass is 257 g/mol. The van der Waals surface area contributed by atoms with Gasteiger partial charge in [0.05, 0.1) is 0 Å². The van der Waals surface area contributed by atoms with E-state index in [0.29, 0.717) is 24.0 Å². The van der Waals surface area contributed by atoms with E-state index < -0.39 is 12.0 Å². The predicted molar refractivity (Wildman–Crippen MR) is 65.0 cm³/mol. The lowest BCUT2D eigenvalue weighted by Crippen LogP contribution is -2.17. The van der Waals surface area contributed by atoms with Crippen LogP contribution in [0.1, 0.15) is 42.9 Å². The predicted octanol–water partition coefficient (Wildman–Crippen LogP) is 3.96. The molecule has 0 bridgehead atoms. The van der Waals surface area contributed by atoms with E-state index in [2.05, 4.69) is 0 Å². The lowest BCUT2D eigenvalue weighted by Gasteiger charge is -2.18. The van der Waals surface area contributed by atoms with Crippen LogP contribution in [0.2, 0.25) is 0 Å². The Kier molecular flexibility index (Phi) is 3.66. The second-order valence-electron chi connectivity index (χ2n) is 5.29. The fourth-order valence-electron chi connectivity index (χ4n) is 2.69. The summed E-state index contributed by atoms with van der Waals surface area (Å²) in [6, 6.07) is 4.57. The molecule has 2 unspecified atom stereocenters. The molecule has 1 aromatic carbocycles. The molecule has 2 atom stereocenters. The lowest BCUT2D eigenvalue weighted by molar-refractivity contribution is 0.00446. The number of benzene rings is 1. The van der Waals surface area contributed by atoms with Gasteiger partial charge in [0.2, 0.25) is 5.92 Å². The van der Waals surface area contributed by atoms with Gasteiger partial charge in [-0.25, -0.2) is 13.2 Å². The normalized spacial score (nSPS) is 24.2. The molecule has 0 spiro atoms. The standard InChI is InChI=1S/C14H18F3N/c1-9-3-2-4-11(13(9)15)12(18)7-10-5-6-14(16,17)8-10/h2-4,10,12H,5-8,18H2,1H3. The number of nitrogens with two attached hydrogens (primary N) is 1. The van der Waals surface area contributed by atoms with Gasteiger partial charge in [-0.15, -0.1) is 0 Å². The maximum absolute atomic E-state index is 13.8. The number of alkyl halides is 2. The van der Waals surface area contributed by atoms with Crippen LogP contribution in [-0.4, -0.2) is 5.92 Å². The highest BCUT2D eigenvalue weighted by Gasteiger charge is 2.39. The third kappa shape index (κ3) is 2.86. The molecule has 0 aliphatic heterocycles. The molecule has 1 saturated carbocycles. The smallest absolute Gasteiger partial charge is 0.248 e. The van der Waals surface area contributed by atoms with E-state index >= 15 is 0 Å². The first-order valence-electron chi connectivity index (χ1n) is 6.27. The van der Waals surface area contributed by atoms with Crippen molar-refractivity contribution in [2.45, 2.75) is 44.6 Å². The summed E-state index contributed by atoms with van der Waals surface area (Å²) < 4.78 is 40.0. The Morgan fingerprint density at radius 3 is 2.78 bits per heavy atom. The fraction of sp³-hybridized carbons (Fsp3) is 0.571. The van der Waals surface area contributed by atoms with Gasteiger partial charge < -0.3 is 5.73 Å². The topological polar surface area (TPSA) is 26.0 Å². The van der Waals surface area contributed by atoms with E-state index in [9.17, 15) is 13.2 Å². The number of halogens is 3. The number of hydrogen-bond acceptors (Lipinski definition) is 1. The summed E-state index contributed by atoms with van der Waals surface area (Å²) in [5.74, 6) is -2.97. The van der Waals surface area contributed by atoms with Crippen LogP contribution in [0.25, 0.3) is 0 Å². The van der Waals surface area contributed by atoms with Crippen LogP contribution in [0.15, 0.2) is 18.2 Å². The zero-order chi connectivity index (χ0) is 13.3. The van der Waals surface area contributed by atoms with Gasteiger partial charge in [-0.05, 0) is 31.2 Å². The Morgan fingerprint density at radius 1 is 1.44 bits per heavy atom. The van der Waals surface area contributed by atoms with Crippen LogP contribution in [-0.2, 0) is 0 Å². The van der Waals surface area contributed by atoms with Gasteiger partial charge in [-0.1, -0.05) is 18.2 Å². The van der Waals surface area contributed by atoms with Crippen LogP contribution >= 0.6 is 0 Å². The van der Waals surface area contributed by atoms with Crippen molar-refractivity contribution in [3.05, 3.63) is 35.1 Å². The molecule has 0 amide bonds. The average molecular weight is 257 g/mol. The van der Waals surface area contributed by atoms with Gasteiger partial charge >= 0.3 is 0 Å². The van der Waals surface area contributed by atoms with Gasteiger partial charge in [-0.3, -0.25) is 0 Å². The molecule has 1 aliphatic rings. The molecular weight excluding hydrogens is 239 g/mol. The average Bonchev–Trinajstić information content (AvgIpc) is 2.62. The summed E-state index contributed by atoms with van der Waals surface area (Å²) >= 11 is 0. The van der Waals surface area contributed by atoms with E-state index in [4.69, 9.17) is 5.73 Å². The van der Waals surface area contributed by atoms with E-state index in [1.807, 2.05) is 0 Å². The minimum atomic E-state index is -2.56. The van der Waals surface area contributed by atoms with Crippen molar-refractivity contribution in [3.63, 3.8) is 0 Å². The third-order valence-corrected chi connectivity index (χ3v) is 3.71. The first kappa shape index (κ1) is 13.4. The van der Waals surface area contributed by atoms with E-state index in [1.165, 1.54) is 0 Å². The second-order valence-corrected chi connectivity index (χ2v) is 5.29. The maximum atomic E-state index is 13.8. The molecule has 2 rings (SSSR count). The second kappa shape index (κ2) is 4.92. The zero-order valence-electron chi connectivity index (χ0n) is 10.4. The highest BCUT2D eigenvalue weighted by Crippen LogP contribution is 2.42. The Bertz CT molecular complexity index is 431. The van der Waals surface area contributed by atoms with Crippen LogP contribution < -0.4 is 5.73 Å². The molecule has 100 valence electrons. The molecule has 4 heteroatoms. The van der Waals surface area contributed by atoms with Gasteiger partial charge in [0.15, 0.2) is 0 Å². The van der Waals surface area contributed by atoms with Crippen LogP contribution in [0, 0.1) is 18.7 Å². The summed E-state index contributed by atoms with van der Waals surface area (Å²) in [4.78, 5) is 0. The maximum Gasteiger partial charge on any atom is 0.248 e. The highest BCUT2D eigenvalue weighted by atomic mass is 19.3. The molecule has 2 N–H and O–H groups in total. The quantitative estimate of drug-likeness (QED) is 0.871. The summed E-state index contributed by atoms with van der Waals surface area (Å²) in [6.07, 6.45) is 0.721. The van der Waals surface area contributed by atoms with E-state index in [-0.39, 0.29) is 24.6 Å². The molecule has 0 aromatic heterocycles. The molecule has 1 fully saturated rings.